The fraction of sp³-hybridized carbons (Fsp3) is 0.600. The molecule has 0 aromatic heterocycles. The maximum absolute atomic E-state index is 12.2. The summed E-state index contributed by atoms with van der Waals surface area (Å²) in [6, 6.07) is 4.88. The molecule has 0 radical (unpaired) electrons. The molecule has 1 aromatic rings. The zero-order valence-electron chi connectivity index (χ0n) is 12.2. The van der Waals surface area contributed by atoms with E-state index in [-0.39, 0.29) is 4.90 Å². The first-order chi connectivity index (χ1) is 9.38. The quantitative estimate of drug-likeness (QED) is 0.839. The molecule has 0 unspecified atom stereocenters. The zero-order chi connectivity index (χ0) is 14.8. The van der Waals surface area contributed by atoms with E-state index in [1.54, 1.807) is 12.1 Å². The number of nitrogen functional groups attached to an aromatic ring is 1. The first-order valence-electron chi connectivity index (χ1n) is 7.24. The maximum atomic E-state index is 12.2. The molecule has 0 atom stereocenters. The summed E-state index contributed by atoms with van der Waals surface area (Å²) in [6.45, 7) is 4.65. The average molecular weight is 296 g/mol. The Balaban J connectivity index is 1.98. The van der Waals surface area contributed by atoms with E-state index in [2.05, 4.69) is 11.6 Å². The Hall–Kier alpha value is -1.07. The zero-order valence-corrected chi connectivity index (χ0v) is 13.0. The molecule has 0 amide bonds. The first-order valence-corrected chi connectivity index (χ1v) is 8.72. The molecule has 1 aromatic carbocycles. The van der Waals surface area contributed by atoms with Crippen LogP contribution in [-0.2, 0) is 10.0 Å². The van der Waals surface area contributed by atoms with Crippen molar-refractivity contribution in [3.8, 4) is 0 Å². The summed E-state index contributed by atoms with van der Waals surface area (Å²) in [4.78, 5) is 0.254. The van der Waals surface area contributed by atoms with Gasteiger partial charge in [0.05, 0.1) is 4.90 Å². The monoisotopic (exact) mass is 296 g/mol. The highest BCUT2D eigenvalue weighted by molar-refractivity contribution is 7.89. The summed E-state index contributed by atoms with van der Waals surface area (Å²) in [5, 5.41) is 0. The van der Waals surface area contributed by atoms with E-state index in [9.17, 15) is 8.42 Å². The molecule has 1 aliphatic rings. The van der Waals surface area contributed by atoms with Gasteiger partial charge in [0.2, 0.25) is 10.0 Å². The van der Waals surface area contributed by atoms with Crippen molar-refractivity contribution in [1.29, 1.82) is 0 Å². The van der Waals surface area contributed by atoms with Gasteiger partial charge in [-0.05, 0) is 49.3 Å². The molecule has 3 N–H and O–H groups in total. The summed E-state index contributed by atoms with van der Waals surface area (Å²) >= 11 is 0. The predicted molar refractivity (Wildman–Crippen MR) is 81.9 cm³/mol. The van der Waals surface area contributed by atoms with E-state index in [1.807, 2.05) is 6.92 Å². The van der Waals surface area contributed by atoms with Crippen molar-refractivity contribution in [3.63, 3.8) is 0 Å². The van der Waals surface area contributed by atoms with Crippen molar-refractivity contribution in [1.82, 2.24) is 4.72 Å². The van der Waals surface area contributed by atoms with Gasteiger partial charge in [0.25, 0.3) is 0 Å². The smallest absolute Gasteiger partial charge is 0.240 e. The van der Waals surface area contributed by atoms with E-state index in [0.29, 0.717) is 18.2 Å². The van der Waals surface area contributed by atoms with Gasteiger partial charge in [0.15, 0.2) is 0 Å². The van der Waals surface area contributed by atoms with E-state index in [1.165, 1.54) is 18.9 Å². The fourth-order valence-electron chi connectivity index (χ4n) is 2.63. The van der Waals surface area contributed by atoms with Crippen LogP contribution in [0.2, 0.25) is 0 Å². The van der Waals surface area contributed by atoms with Crippen molar-refractivity contribution in [2.45, 2.75) is 44.4 Å². The highest BCUT2D eigenvalue weighted by Gasteiger charge is 2.21. The Morgan fingerprint density at radius 2 is 1.90 bits per heavy atom. The van der Waals surface area contributed by atoms with E-state index in [4.69, 9.17) is 5.73 Å². The minimum absolute atomic E-state index is 0.254. The SMILES string of the molecule is Cc1ccc(S(=O)(=O)NCC2CCC(C)CC2)cc1N. The molecule has 4 nitrogen and oxygen atoms in total. The lowest BCUT2D eigenvalue weighted by atomic mass is 9.83. The molecule has 0 aliphatic heterocycles. The maximum Gasteiger partial charge on any atom is 0.240 e. The third kappa shape index (κ3) is 3.73. The molecule has 0 bridgehead atoms. The Morgan fingerprint density at radius 3 is 2.50 bits per heavy atom. The van der Waals surface area contributed by atoms with Crippen LogP contribution in [0.3, 0.4) is 0 Å². The van der Waals surface area contributed by atoms with Gasteiger partial charge >= 0.3 is 0 Å². The molecule has 0 spiro atoms. The molecule has 1 fully saturated rings. The molecule has 2 rings (SSSR count). The Labute approximate surface area is 121 Å². The summed E-state index contributed by atoms with van der Waals surface area (Å²) in [6.07, 6.45) is 4.62. The molecule has 0 heterocycles. The van der Waals surface area contributed by atoms with Crippen molar-refractivity contribution in [2.24, 2.45) is 11.8 Å². The highest BCUT2D eigenvalue weighted by Crippen LogP contribution is 2.28. The standard InChI is InChI=1S/C15H24N2O2S/c1-11-3-6-13(7-4-11)10-17-20(18,19)14-8-5-12(2)15(16)9-14/h5,8-9,11,13,17H,3-4,6-7,10,16H2,1-2H3. The summed E-state index contributed by atoms with van der Waals surface area (Å²) in [5.41, 5.74) is 7.19. The molecule has 5 heteroatoms. The van der Waals surface area contributed by atoms with Crippen molar-refractivity contribution >= 4 is 15.7 Å². The van der Waals surface area contributed by atoms with Crippen LogP contribution in [0.25, 0.3) is 0 Å². The molecule has 20 heavy (non-hydrogen) atoms. The molecular weight excluding hydrogens is 272 g/mol. The van der Waals surface area contributed by atoms with Gasteiger partial charge in [-0.15, -0.1) is 0 Å². The Bertz CT molecular complexity index is 561. The summed E-state index contributed by atoms with van der Waals surface area (Å²) in [7, 11) is -3.44. The molecular formula is C15H24N2O2S. The Kier molecular flexibility index (Phi) is 4.70. The molecule has 112 valence electrons. The average Bonchev–Trinajstić information content (AvgIpc) is 2.41. The van der Waals surface area contributed by atoms with Crippen LogP contribution in [0.15, 0.2) is 23.1 Å². The van der Waals surface area contributed by atoms with Crippen LogP contribution in [0, 0.1) is 18.8 Å². The summed E-state index contributed by atoms with van der Waals surface area (Å²) < 4.78 is 27.2. The number of anilines is 1. The van der Waals surface area contributed by atoms with E-state index in [0.717, 1.165) is 24.3 Å². The molecule has 1 aliphatic carbocycles. The van der Waals surface area contributed by atoms with E-state index >= 15 is 0 Å². The van der Waals surface area contributed by atoms with Crippen molar-refractivity contribution < 1.29 is 8.42 Å². The van der Waals surface area contributed by atoms with Crippen LogP contribution in [-0.4, -0.2) is 15.0 Å². The normalized spacial score (nSPS) is 23.7. The minimum Gasteiger partial charge on any atom is -0.398 e. The van der Waals surface area contributed by atoms with Crippen LogP contribution >= 0.6 is 0 Å². The predicted octanol–water partition coefficient (Wildman–Crippen LogP) is 2.68. The fourth-order valence-corrected chi connectivity index (χ4v) is 3.78. The third-order valence-corrected chi connectivity index (χ3v) is 5.68. The van der Waals surface area contributed by atoms with Crippen LogP contribution in [0.4, 0.5) is 5.69 Å². The number of nitrogens with one attached hydrogen (secondary N) is 1. The second-order valence-electron chi connectivity index (χ2n) is 6.00. The molecule has 0 saturated heterocycles. The highest BCUT2D eigenvalue weighted by atomic mass is 32.2. The first kappa shape index (κ1) is 15.3. The van der Waals surface area contributed by atoms with Gasteiger partial charge in [-0.3, -0.25) is 0 Å². The van der Waals surface area contributed by atoms with Gasteiger partial charge in [0.1, 0.15) is 0 Å². The topological polar surface area (TPSA) is 72.2 Å². The number of hydrogen-bond acceptors (Lipinski definition) is 3. The lowest BCUT2D eigenvalue weighted by molar-refractivity contribution is 0.290. The number of aryl methyl sites for hydroxylation is 1. The lowest BCUT2D eigenvalue weighted by Crippen LogP contribution is -2.31. The largest absolute Gasteiger partial charge is 0.398 e. The van der Waals surface area contributed by atoms with Crippen molar-refractivity contribution in [2.75, 3.05) is 12.3 Å². The van der Waals surface area contributed by atoms with Crippen LogP contribution in [0.1, 0.15) is 38.2 Å². The van der Waals surface area contributed by atoms with Gasteiger partial charge < -0.3 is 5.73 Å². The molecule has 1 saturated carbocycles. The van der Waals surface area contributed by atoms with Gasteiger partial charge in [0, 0.05) is 12.2 Å². The second-order valence-corrected chi connectivity index (χ2v) is 7.76. The second kappa shape index (κ2) is 6.14. The van der Waals surface area contributed by atoms with Gasteiger partial charge in [-0.1, -0.05) is 25.8 Å². The third-order valence-electron chi connectivity index (χ3n) is 4.26. The number of hydrogen-bond donors (Lipinski definition) is 2. The van der Waals surface area contributed by atoms with Crippen molar-refractivity contribution in [3.05, 3.63) is 23.8 Å². The van der Waals surface area contributed by atoms with Crippen LogP contribution in [0.5, 0.6) is 0 Å². The van der Waals surface area contributed by atoms with Gasteiger partial charge in [-0.25, -0.2) is 13.1 Å². The Morgan fingerprint density at radius 1 is 1.25 bits per heavy atom. The summed E-state index contributed by atoms with van der Waals surface area (Å²) in [5.74, 6) is 1.24. The number of nitrogens with two attached hydrogens (primary N) is 1. The van der Waals surface area contributed by atoms with Crippen LogP contribution < -0.4 is 10.5 Å². The number of benzene rings is 1. The lowest BCUT2D eigenvalue weighted by Gasteiger charge is -2.26. The van der Waals surface area contributed by atoms with E-state index < -0.39 is 10.0 Å². The minimum atomic E-state index is -3.44. The number of rotatable bonds is 4. The van der Waals surface area contributed by atoms with Gasteiger partial charge in [-0.2, -0.15) is 0 Å². The number of sulfonamides is 1.